The number of carbonyl (C=O) groups excluding carboxylic acids is 2. The first-order chi connectivity index (χ1) is 7.19. The fraction of sp³-hybridized carbons (Fsp3) is 0.818. The Morgan fingerprint density at radius 1 is 1.20 bits per heavy atom. The van der Waals surface area contributed by atoms with E-state index >= 15 is 0 Å². The normalized spacial score (nSPS) is 25.5. The maximum absolute atomic E-state index is 12.1. The summed E-state index contributed by atoms with van der Waals surface area (Å²) in [4.78, 5) is 25.1. The number of likely N-dealkylation sites (N-methyl/N-ethyl adjacent to an activating group) is 1. The summed E-state index contributed by atoms with van der Waals surface area (Å²) in [5, 5.41) is 2.90. The quantitative estimate of drug-likeness (QED) is 0.669. The predicted molar refractivity (Wildman–Crippen MR) is 56.4 cm³/mol. The Bertz CT molecular complexity index is 280. The molecule has 1 heterocycles. The lowest BCUT2D eigenvalue weighted by molar-refractivity contribution is -0.131. The second-order valence-corrected chi connectivity index (χ2v) is 4.48. The Morgan fingerprint density at radius 2 is 1.80 bits per heavy atom. The van der Waals surface area contributed by atoms with Crippen LogP contribution in [0.5, 0.6) is 0 Å². The van der Waals surface area contributed by atoms with Gasteiger partial charge in [-0.2, -0.15) is 0 Å². The fourth-order valence-electron chi connectivity index (χ4n) is 2.63. The molecule has 1 aliphatic carbocycles. The van der Waals surface area contributed by atoms with Crippen molar-refractivity contribution < 1.29 is 9.59 Å². The molecule has 3 amide bonds. The van der Waals surface area contributed by atoms with Crippen LogP contribution in [0.2, 0.25) is 0 Å². The summed E-state index contributed by atoms with van der Waals surface area (Å²) in [6, 6.07) is -0.204. The lowest BCUT2D eigenvalue weighted by atomic mass is 9.90. The Hall–Kier alpha value is -1.06. The fourth-order valence-corrected chi connectivity index (χ4v) is 2.63. The minimum Gasteiger partial charge on any atom is -0.323 e. The summed E-state index contributed by atoms with van der Waals surface area (Å²) in [6.45, 7) is 2.32. The molecule has 1 aliphatic heterocycles. The van der Waals surface area contributed by atoms with Gasteiger partial charge >= 0.3 is 6.03 Å². The highest BCUT2D eigenvalue weighted by Crippen LogP contribution is 2.32. The monoisotopic (exact) mass is 210 g/mol. The number of nitrogens with one attached hydrogen (secondary N) is 1. The Kier molecular flexibility index (Phi) is 2.67. The molecule has 0 atom stereocenters. The third-order valence-corrected chi connectivity index (χ3v) is 3.52. The van der Waals surface area contributed by atoms with Crippen molar-refractivity contribution in [3.63, 3.8) is 0 Å². The maximum Gasteiger partial charge on any atom is 0.325 e. The predicted octanol–water partition coefficient (Wildman–Crippen LogP) is 1.65. The van der Waals surface area contributed by atoms with E-state index in [9.17, 15) is 9.59 Å². The molecule has 4 nitrogen and oxygen atoms in total. The van der Waals surface area contributed by atoms with Gasteiger partial charge in [0.1, 0.15) is 5.54 Å². The Balaban J connectivity index is 2.21. The molecule has 0 aromatic rings. The molecular weight excluding hydrogens is 192 g/mol. The Labute approximate surface area is 90.0 Å². The van der Waals surface area contributed by atoms with Crippen LogP contribution in [0.3, 0.4) is 0 Å². The van der Waals surface area contributed by atoms with Crippen LogP contribution >= 0.6 is 0 Å². The van der Waals surface area contributed by atoms with E-state index in [1.165, 1.54) is 17.7 Å². The minimum atomic E-state index is -0.552. The van der Waals surface area contributed by atoms with Crippen molar-refractivity contribution in [1.29, 1.82) is 0 Å². The molecule has 0 unspecified atom stereocenters. The third kappa shape index (κ3) is 1.62. The lowest BCUT2D eigenvalue weighted by Crippen LogP contribution is -2.46. The van der Waals surface area contributed by atoms with E-state index in [1.807, 2.05) is 6.92 Å². The van der Waals surface area contributed by atoms with Crippen LogP contribution in [0.1, 0.15) is 45.4 Å². The van der Waals surface area contributed by atoms with Crippen LogP contribution in [0, 0.1) is 0 Å². The number of nitrogens with zero attached hydrogens (tertiary/aromatic N) is 1. The van der Waals surface area contributed by atoms with Crippen LogP contribution in [0.15, 0.2) is 0 Å². The summed E-state index contributed by atoms with van der Waals surface area (Å²) in [7, 11) is 0. The number of hydrogen-bond donors (Lipinski definition) is 1. The third-order valence-electron chi connectivity index (χ3n) is 3.52. The van der Waals surface area contributed by atoms with E-state index in [2.05, 4.69) is 5.32 Å². The first-order valence-electron chi connectivity index (χ1n) is 5.84. The van der Waals surface area contributed by atoms with Crippen molar-refractivity contribution in [3.8, 4) is 0 Å². The molecule has 1 N–H and O–H groups in total. The summed E-state index contributed by atoms with van der Waals surface area (Å²) in [5.74, 6) is -0.00287. The standard InChI is InChI=1S/C11H18N2O2/c1-2-13-9(14)11(12-10(13)15)7-5-3-4-6-8-11/h2-8H2,1H3,(H,12,15). The van der Waals surface area contributed by atoms with E-state index < -0.39 is 5.54 Å². The van der Waals surface area contributed by atoms with E-state index in [-0.39, 0.29) is 11.9 Å². The van der Waals surface area contributed by atoms with E-state index in [0.717, 1.165) is 25.7 Å². The number of imide groups is 1. The molecule has 84 valence electrons. The molecule has 2 rings (SSSR count). The molecule has 0 aromatic carbocycles. The van der Waals surface area contributed by atoms with Gasteiger partial charge in [-0.3, -0.25) is 9.69 Å². The number of hydrogen-bond acceptors (Lipinski definition) is 2. The Morgan fingerprint density at radius 3 is 2.27 bits per heavy atom. The van der Waals surface area contributed by atoms with Gasteiger partial charge in [0.15, 0.2) is 0 Å². The molecule has 0 bridgehead atoms. The summed E-state index contributed by atoms with van der Waals surface area (Å²) >= 11 is 0. The number of urea groups is 1. The highest BCUT2D eigenvalue weighted by atomic mass is 16.2. The molecule has 0 aromatic heterocycles. The van der Waals surface area contributed by atoms with Crippen LogP contribution < -0.4 is 5.32 Å². The highest BCUT2D eigenvalue weighted by molar-refractivity contribution is 6.07. The van der Waals surface area contributed by atoms with Crippen molar-refractivity contribution in [2.45, 2.75) is 51.0 Å². The topological polar surface area (TPSA) is 49.4 Å². The first-order valence-corrected chi connectivity index (χ1v) is 5.84. The van der Waals surface area contributed by atoms with Gasteiger partial charge in [-0.05, 0) is 19.8 Å². The van der Waals surface area contributed by atoms with Gasteiger partial charge in [0.05, 0.1) is 0 Å². The number of rotatable bonds is 1. The largest absolute Gasteiger partial charge is 0.325 e. The zero-order valence-corrected chi connectivity index (χ0v) is 9.21. The average Bonchev–Trinajstić information content (AvgIpc) is 2.42. The van der Waals surface area contributed by atoms with Gasteiger partial charge in [-0.1, -0.05) is 25.7 Å². The molecule has 4 heteroatoms. The number of carbonyl (C=O) groups is 2. The van der Waals surface area contributed by atoms with Crippen LogP contribution in [-0.2, 0) is 4.79 Å². The minimum absolute atomic E-state index is 0.00287. The zero-order valence-electron chi connectivity index (χ0n) is 9.21. The van der Waals surface area contributed by atoms with E-state index in [1.54, 1.807) is 0 Å². The van der Waals surface area contributed by atoms with Gasteiger partial charge in [0, 0.05) is 6.54 Å². The molecule has 2 aliphatic rings. The SMILES string of the molecule is CCN1C(=O)NC2(CCCCCC2)C1=O. The van der Waals surface area contributed by atoms with Gasteiger partial charge in [0.2, 0.25) is 0 Å². The molecule has 1 spiro atoms. The number of amides is 3. The second-order valence-electron chi connectivity index (χ2n) is 4.48. The van der Waals surface area contributed by atoms with Crippen molar-refractivity contribution in [2.24, 2.45) is 0 Å². The van der Waals surface area contributed by atoms with Crippen molar-refractivity contribution in [1.82, 2.24) is 10.2 Å². The smallest absolute Gasteiger partial charge is 0.323 e. The average molecular weight is 210 g/mol. The molecule has 1 saturated heterocycles. The van der Waals surface area contributed by atoms with Crippen molar-refractivity contribution >= 4 is 11.9 Å². The summed E-state index contributed by atoms with van der Waals surface area (Å²) in [6.07, 6.45) is 6.07. The van der Waals surface area contributed by atoms with Crippen molar-refractivity contribution in [3.05, 3.63) is 0 Å². The van der Waals surface area contributed by atoms with Crippen LogP contribution in [0.4, 0.5) is 4.79 Å². The summed E-state index contributed by atoms with van der Waals surface area (Å²) < 4.78 is 0. The molecule has 1 saturated carbocycles. The van der Waals surface area contributed by atoms with Crippen molar-refractivity contribution in [2.75, 3.05) is 6.54 Å². The van der Waals surface area contributed by atoms with Gasteiger partial charge in [0.25, 0.3) is 5.91 Å². The molecule has 0 radical (unpaired) electrons. The van der Waals surface area contributed by atoms with Crippen LogP contribution in [-0.4, -0.2) is 28.9 Å². The molecule has 15 heavy (non-hydrogen) atoms. The molecular formula is C11H18N2O2. The first kappa shape index (κ1) is 10.5. The summed E-state index contributed by atoms with van der Waals surface area (Å²) in [5.41, 5.74) is -0.552. The van der Waals surface area contributed by atoms with E-state index in [0.29, 0.717) is 6.54 Å². The van der Waals surface area contributed by atoms with E-state index in [4.69, 9.17) is 0 Å². The molecule has 2 fully saturated rings. The van der Waals surface area contributed by atoms with Crippen LogP contribution in [0.25, 0.3) is 0 Å². The zero-order chi connectivity index (χ0) is 10.9. The lowest BCUT2D eigenvalue weighted by Gasteiger charge is -2.24. The van der Waals surface area contributed by atoms with Gasteiger partial charge < -0.3 is 5.32 Å². The second kappa shape index (κ2) is 3.83. The highest BCUT2D eigenvalue weighted by Gasteiger charge is 2.49. The van der Waals surface area contributed by atoms with Gasteiger partial charge in [-0.15, -0.1) is 0 Å². The van der Waals surface area contributed by atoms with Gasteiger partial charge in [-0.25, -0.2) is 4.79 Å². The maximum atomic E-state index is 12.1.